The number of carbonyl (C=O) groups excluding carboxylic acids is 3. The van der Waals surface area contributed by atoms with E-state index in [0.717, 1.165) is 81.2 Å². The van der Waals surface area contributed by atoms with Crippen LogP contribution >= 0.6 is 0 Å². The van der Waals surface area contributed by atoms with Crippen LogP contribution in [0.5, 0.6) is 5.75 Å². The predicted molar refractivity (Wildman–Crippen MR) is 235 cm³/mol. The zero-order valence-electron chi connectivity index (χ0n) is 36.6. The Morgan fingerprint density at radius 2 is 1.70 bits per heavy atom. The van der Waals surface area contributed by atoms with Crippen molar-refractivity contribution < 1.29 is 38.5 Å². The number of nitrogens with zero attached hydrogens (tertiary/aromatic N) is 4. The molecule has 332 valence electrons. The zero-order valence-corrected chi connectivity index (χ0v) is 36.6. The molecule has 0 aliphatic carbocycles. The van der Waals surface area contributed by atoms with E-state index in [-0.39, 0.29) is 54.0 Å². The molecule has 0 unspecified atom stereocenters. The van der Waals surface area contributed by atoms with Gasteiger partial charge in [0.2, 0.25) is 11.8 Å². The van der Waals surface area contributed by atoms with Gasteiger partial charge in [0, 0.05) is 23.5 Å². The Morgan fingerprint density at radius 3 is 2.44 bits per heavy atom. The van der Waals surface area contributed by atoms with Gasteiger partial charge in [0.25, 0.3) is 0 Å². The molecule has 0 radical (unpaired) electrons. The summed E-state index contributed by atoms with van der Waals surface area (Å²) >= 11 is 0. The van der Waals surface area contributed by atoms with E-state index in [9.17, 15) is 24.3 Å². The quantitative estimate of drug-likeness (QED) is 0.0982. The fourth-order valence-corrected chi connectivity index (χ4v) is 10.5. The Kier molecular flexibility index (Phi) is 11.3. The lowest BCUT2D eigenvalue weighted by Gasteiger charge is -2.38. The van der Waals surface area contributed by atoms with Crippen LogP contribution in [-0.4, -0.2) is 103 Å². The molecular formula is C47H56N8O8. The largest absolute Gasteiger partial charge is 0.488 e. The first-order valence-corrected chi connectivity index (χ1v) is 22.2. The highest BCUT2D eigenvalue weighted by Crippen LogP contribution is 2.44. The molecule has 9 rings (SSSR count). The number of hydrogen-bond donors (Lipinski definition) is 5. The number of carbonyl (C=O) groups is 4. The summed E-state index contributed by atoms with van der Waals surface area (Å²) in [4.78, 5) is 72.7. The maximum absolute atomic E-state index is 14.4. The second-order valence-electron chi connectivity index (χ2n) is 18.1. The molecule has 4 amide bonds. The lowest BCUT2D eigenvalue weighted by atomic mass is 9.85. The predicted octanol–water partition coefficient (Wildman–Crippen LogP) is 7.60. The van der Waals surface area contributed by atoms with Gasteiger partial charge in [0.05, 0.1) is 54.3 Å². The molecule has 5 N–H and O–H groups in total. The third-order valence-electron chi connectivity index (χ3n) is 13.5. The van der Waals surface area contributed by atoms with Gasteiger partial charge in [-0.2, -0.15) is 0 Å². The average Bonchev–Trinajstić information content (AvgIpc) is 4.09. The van der Waals surface area contributed by atoms with Crippen LogP contribution in [0, 0.1) is 11.8 Å². The van der Waals surface area contributed by atoms with Gasteiger partial charge in [0.1, 0.15) is 36.1 Å². The Bertz CT molecular complexity index is 2580. The van der Waals surface area contributed by atoms with Crippen LogP contribution in [0.25, 0.3) is 44.2 Å². The summed E-state index contributed by atoms with van der Waals surface area (Å²) in [5, 5.41) is 16.7. The van der Waals surface area contributed by atoms with Crippen molar-refractivity contribution in [2.24, 2.45) is 11.8 Å². The number of nitrogens with one attached hydrogen (secondary N) is 4. The van der Waals surface area contributed by atoms with Crippen molar-refractivity contribution >= 4 is 45.8 Å². The molecule has 0 bridgehead atoms. The number of ether oxygens (including phenoxy) is 3. The monoisotopic (exact) mass is 860 g/mol. The Balaban J connectivity index is 0.960. The number of rotatable bonds is 9. The molecule has 7 atom stereocenters. The summed E-state index contributed by atoms with van der Waals surface area (Å²) in [5.74, 6) is 1.46. The summed E-state index contributed by atoms with van der Waals surface area (Å²) < 4.78 is 17.4. The average molecular weight is 861 g/mol. The van der Waals surface area contributed by atoms with Crippen molar-refractivity contribution in [3.8, 4) is 28.1 Å². The van der Waals surface area contributed by atoms with Gasteiger partial charge in [-0.3, -0.25) is 9.59 Å². The van der Waals surface area contributed by atoms with Crippen LogP contribution in [0.3, 0.4) is 0 Å². The molecule has 2 aromatic heterocycles. The van der Waals surface area contributed by atoms with Crippen LogP contribution in [0.1, 0.15) is 102 Å². The van der Waals surface area contributed by atoms with Crippen LogP contribution < -0.4 is 15.4 Å². The van der Waals surface area contributed by atoms with Crippen LogP contribution in [0.4, 0.5) is 9.59 Å². The summed E-state index contributed by atoms with van der Waals surface area (Å²) in [6.45, 7) is 10.6. The number of amides is 4. The SMILES string of the molecule is COC(=O)N[C@H](C(=O)N1CCC[C@H]1c1nc2c(ccc3cc4c(cc32)OCc2cc(-c3cnc([C@@H]5CC[C@H](C)N5C(=O)[C@@H](NC(=O)O)C(C)C)[nH]3)ccc2-4)[nH]1)C1C[C@@H](C)O[C@H](C)C1. The first kappa shape index (κ1) is 42.2. The molecule has 16 heteroatoms. The molecule has 3 saturated heterocycles. The first-order chi connectivity index (χ1) is 30.3. The fourth-order valence-electron chi connectivity index (χ4n) is 10.5. The smallest absolute Gasteiger partial charge is 0.407 e. The van der Waals surface area contributed by atoms with E-state index in [1.54, 1.807) is 11.1 Å². The molecule has 4 aliphatic heterocycles. The number of imidazole rings is 2. The topological polar surface area (TPSA) is 204 Å². The van der Waals surface area contributed by atoms with E-state index < -0.39 is 24.3 Å². The van der Waals surface area contributed by atoms with Gasteiger partial charge in [-0.05, 0) is 117 Å². The zero-order chi connectivity index (χ0) is 44.3. The highest BCUT2D eigenvalue weighted by atomic mass is 16.5. The number of H-pyrrole nitrogens is 2. The second-order valence-corrected chi connectivity index (χ2v) is 18.1. The first-order valence-electron chi connectivity index (χ1n) is 22.2. The van der Waals surface area contributed by atoms with Gasteiger partial charge in [-0.15, -0.1) is 0 Å². The van der Waals surface area contributed by atoms with E-state index in [1.807, 2.05) is 45.6 Å². The van der Waals surface area contributed by atoms with E-state index in [0.29, 0.717) is 37.6 Å². The number of methoxy groups -OCH3 is 1. The van der Waals surface area contributed by atoms with E-state index in [1.165, 1.54) is 7.11 Å². The minimum absolute atomic E-state index is 0.0298. The number of alkyl carbamates (subject to hydrolysis) is 1. The van der Waals surface area contributed by atoms with Gasteiger partial charge < -0.3 is 49.7 Å². The molecule has 3 fully saturated rings. The summed E-state index contributed by atoms with van der Waals surface area (Å²) in [5.41, 5.74) is 6.49. The van der Waals surface area contributed by atoms with Crippen LogP contribution in [0.2, 0.25) is 0 Å². The minimum Gasteiger partial charge on any atom is -0.488 e. The molecule has 6 heterocycles. The lowest BCUT2D eigenvalue weighted by molar-refractivity contribution is -0.139. The van der Waals surface area contributed by atoms with Crippen LogP contribution in [-0.2, 0) is 25.7 Å². The summed E-state index contributed by atoms with van der Waals surface area (Å²) in [6, 6.07) is 12.4. The maximum atomic E-state index is 14.4. The highest BCUT2D eigenvalue weighted by molar-refractivity contribution is 6.07. The Labute approximate surface area is 365 Å². The van der Waals surface area contributed by atoms with E-state index in [2.05, 4.69) is 57.0 Å². The van der Waals surface area contributed by atoms with Crippen molar-refractivity contribution in [1.29, 1.82) is 0 Å². The molecule has 4 aliphatic rings. The lowest BCUT2D eigenvalue weighted by Crippen LogP contribution is -2.54. The van der Waals surface area contributed by atoms with Gasteiger partial charge in [0.15, 0.2) is 0 Å². The third-order valence-corrected chi connectivity index (χ3v) is 13.5. The Hall–Kier alpha value is -6.16. The molecule has 0 saturated carbocycles. The molecule has 3 aromatic carbocycles. The molecular weight excluding hydrogens is 805 g/mol. The molecule has 63 heavy (non-hydrogen) atoms. The maximum Gasteiger partial charge on any atom is 0.407 e. The van der Waals surface area contributed by atoms with Crippen molar-refractivity contribution in [2.45, 2.75) is 122 Å². The fraction of sp³-hybridized carbons (Fsp3) is 0.489. The Morgan fingerprint density at radius 1 is 0.905 bits per heavy atom. The highest BCUT2D eigenvalue weighted by Gasteiger charge is 2.43. The minimum atomic E-state index is -1.22. The molecule has 5 aromatic rings. The van der Waals surface area contributed by atoms with Crippen molar-refractivity contribution in [1.82, 2.24) is 40.4 Å². The summed E-state index contributed by atoms with van der Waals surface area (Å²) in [6.07, 6.45) is 4.26. The third kappa shape index (κ3) is 7.93. The molecule has 16 nitrogen and oxygen atoms in total. The van der Waals surface area contributed by atoms with Crippen LogP contribution in [0.15, 0.2) is 48.7 Å². The number of likely N-dealkylation sites (tertiary alicyclic amines) is 2. The van der Waals surface area contributed by atoms with Crippen molar-refractivity contribution in [2.75, 3.05) is 13.7 Å². The number of aromatic amines is 2. The molecule has 0 spiro atoms. The summed E-state index contributed by atoms with van der Waals surface area (Å²) in [7, 11) is 1.31. The standard InChI is InChI=1S/C47H56N8O8/c1-23(2)39(52-46(58)59)45(57)55-24(3)9-14-37(55)42-48-21-35(50-42)28-10-12-31-30(18-28)22-62-38-20-32-27(19-33(31)38)11-13-34-41(32)51-43(49-34)36-8-7-15-54(36)44(56)40(53-47(60)61-6)29-16-25(4)63-26(5)17-29/h10-13,18-21,23-26,29,36-37,39-40,52H,7-9,14-17,22H2,1-6H3,(H,48,50)(H,49,51)(H,53,60)(H,58,59)/t24-,25+,26+,36-,37-,39-,40-/m0/s1. The van der Waals surface area contributed by atoms with E-state index in [4.69, 9.17) is 24.2 Å². The number of fused-ring (bicyclic) bond motifs is 6. The second kappa shape index (κ2) is 16.8. The van der Waals surface area contributed by atoms with Crippen molar-refractivity contribution in [3.05, 3.63) is 65.9 Å². The number of hydrogen-bond acceptors (Lipinski definition) is 9. The van der Waals surface area contributed by atoms with Crippen molar-refractivity contribution in [3.63, 3.8) is 0 Å². The van der Waals surface area contributed by atoms with Gasteiger partial charge in [-0.25, -0.2) is 19.6 Å². The number of aromatic nitrogens is 4. The van der Waals surface area contributed by atoms with Gasteiger partial charge in [-0.1, -0.05) is 32.0 Å². The number of benzene rings is 3. The number of carboxylic acid groups (broad SMARTS) is 1. The van der Waals surface area contributed by atoms with E-state index >= 15 is 0 Å². The normalized spacial score (nSPS) is 24.2. The van der Waals surface area contributed by atoms with Gasteiger partial charge >= 0.3 is 12.2 Å².